The molecule has 0 aliphatic carbocycles. The van der Waals surface area contributed by atoms with Crippen LogP contribution in [0, 0.1) is 6.92 Å². The Labute approximate surface area is 169 Å². The van der Waals surface area contributed by atoms with Crippen LogP contribution in [0.5, 0.6) is 11.5 Å². The van der Waals surface area contributed by atoms with Gasteiger partial charge in [-0.3, -0.25) is 20.4 Å². The number of ether oxygens (including phenoxy) is 2. The lowest BCUT2D eigenvalue weighted by atomic mass is 10.2. The maximum atomic E-state index is 12.5. The third-order valence-electron chi connectivity index (χ3n) is 4.06. The average molecular weight is 421 g/mol. The van der Waals surface area contributed by atoms with Gasteiger partial charge < -0.3 is 9.47 Å². The second kappa shape index (κ2) is 9.39. The number of methoxy groups -OCH3 is 2. The van der Waals surface area contributed by atoms with E-state index >= 15 is 0 Å². The predicted octanol–water partition coefficient (Wildman–Crippen LogP) is 1.09. The highest BCUT2D eigenvalue weighted by Gasteiger charge is 2.23. The van der Waals surface area contributed by atoms with Gasteiger partial charge in [0.25, 0.3) is 11.8 Å². The molecule has 0 spiro atoms. The van der Waals surface area contributed by atoms with Crippen LogP contribution in [0.3, 0.4) is 0 Å². The van der Waals surface area contributed by atoms with Crippen LogP contribution < -0.4 is 20.3 Å². The lowest BCUT2D eigenvalue weighted by Crippen LogP contribution is -2.46. The minimum absolute atomic E-state index is 0.0727. The van der Waals surface area contributed by atoms with Crippen molar-refractivity contribution < 1.29 is 27.5 Å². The van der Waals surface area contributed by atoms with Gasteiger partial charge in [0.15, 0.2) is 0 Å². The Hall–Kier alpha value is -3.11. The number of hydrogen-bond donors (Lipinski definition) is 2. The second-order valence-electron chi connectivity index (χ2n) is 6.14. The molecule has 156 valence electrons. The first-order valence-electron chi connectivity index (χ1n) is 8.53. The Morgan fingerprint density at radius 2 is 1.66 bits per heavy atom. The van der Waals surface area contributed by atoms with E-state index in [1.165, 1.54) is 39.5 Å². The third-order valence-corrected chi connectivity index (χ3v) is 5.88. The van der Waals surface area contributed by atoms with Crippen molar-refractivity contribution in [1.82, 2.24) is 15.2 Å². The summed E-state index contributed by atoms with van der Waals surface area (Å²) < 4.78 is 36.1. The van der Waals surface area contributed by atoms with Crippen molar-refractivity contribution in [2.45, 2.75) is 11.8 Å². The van der Waals surface area contributed by atoms with Crippen molar-refractivity contribution in [3.8, 4) is 11.5 Å². The first-order chi connectivity index (χ1) is 13.7. The Morgan fingerprint density at radius 3 is 2.24 bits per heavy atom. The first-order valence-corrected chi connectivity index (χ1v) is 9.97. The van der Waals surface area contributed by atoms with Crippen LogP contribution >= 0.6 is 0 Å². The van der Waals surface area contributed by atoms with Gasteiger partial charge in [0.2, 0.25) is 10.0 Å². The summed E-state index contributed by atoms with van der Waals surface area (Å²) >= 11 is 0. The first kappa shape index (κ1) is 22.2. The number of likely N-dealkylation sites (N-methyl/N-ethyl adjacent to an activating group) is 1. The predicted molar refractivity (Wildman–Crippen MR) is 106 cm³/mol. The molecule has 0 bridgehead atoms. The number of benzene rings is 2. The van der Waals surface area contributed by atoms with Crippen molar-refractivity contribution in [2.75, 3.05) is 27.8 Å². The molecule has 2 amide bonds. The molecule has 0 fully saturated rings. The van der Waals surface area contributed by atoms with E-state index < -0.39 is 28.4 Å². The number of aryl methyl sites for hydroxylation is 1. The molecule has 0 saturated carbocycles. The molecular weight excluding hydrogens is 398 g/mol. The molecule has 0 unspecified atom stereocenters. The van der Waals surface area contributed by atoms with Crippen LogP contribution in [-0.4, -0.2) is 52.3 Å². The van der Waals surface area contributed by atoms with E-state index in [2.05, 4.69) is 10.9 Å². The Kier molecular flexibility index (Phi) is 7.18. The van der Waals surface area contributed by atoms with Gasteiger partial charge in [0.1, 0.15) is 11.5 Å². The number of rotatable bonds is 7. The molecule has 0 atom stereocenters. The molecular formula is C19H23N3O6S. The highest BCUT2D eigenvalue weighted by Crippen LogP contribution is 2.23. The highest BCUT2D eigenvalue weighted by atomic mass is 32.2. The maximum absolute atomic E-state index is 12.5. The Bertz CT molecular complexity index is 990. The minimum Gasteiger partial charge on any atom is -0.497 e. The average Bonchev–Trinajstić information content (AvgIpc) is 2.71. The Balaban J connectivity index is 2.00. The number of carbonyl (C=O) groups excluding carboxylic acids is 2. The zero-order chi connectivity index (χ0) is 21.6. The standard InChI is InChI=1S/C19H23N3O6S/c1-13-5-8-15(9-6-13)29(25,26)22(2)12-18(23)20-21-19(24)16-11-14(27-3)7-10-17(16)28-4/h5-11H,12H2,1-4H3,(H,20,23)(H,21,24). The summed E-state index contributed by atoms with van der Waals surface area (Å²) in [5.41, 5.74) is 5.49. The molecule has 0 aromatic heterocycles. The van der Waals surface area contributed by atoms with E-state index in [1.807, 2.05) is 6.92 Å². The number of carbonyl (C=O) groups is 2. The molecule has 2 N–H and O–H groups in total. The fraction of sp³-hybridized carbons (Fsp3) is 0.263. The molecule has 2 aromatic carbocycles. The second-order valence-corrected chi connectivity index (χ2v) is 8.19. The van der Waals surface area contributed by atoms with Crippen molar-refractivity contribution in [3.63, 3.8) is 0 Å². The van der Waals surface area contributed by atoms with E-state index in [1.54, 1.807) is 24.3 Å². The summed E-state index contributed by atoms with van der Waals surface area (Å²) in [5.74, 6) is -0.626. The zero-order valence-corrected chi connectivity index (χ0v) is 17.4. The van der Waals surface area contributed by atoms with Crippen molar-refractivity contribution in [2.24, 2.45) is 0 Å². The SMILES string of the molecule is COc1ccc(OC)c(C(=O)NNC(=O)CN(C)S(=O)(=O)c2ccc(C)cc2)c1. The lowest BCUT2D eigenvalue weighted by Gasteiger charge is -2.17. The van der Waals surface area contributed by atoms with Crippen LogP contribution in [-0.2, 0) is 14.8 Å². The van der Waals surface area contributed by atoms with Gasteiger partial charge in [-0.1, -0.05) is 17.7 Å². The zero-order valence-electron chi connectivity index (χ0n) is 16.6. The lowest BCUT2D eigenvalue weighted by molar-refractivity contribution is -0.121. The van der Waals surface area contributed by atoms with Crippen molar-refractivity contribution in [1.29, 1.82) is 0 Å². The van der Waals surface area contributed by atoms with Gasteiger partial charge in [-0.2, -0.15) is 4.31 Å². The number of hydrazine groups is 1. The molecule has 0 aliphatic rings. The van der Waals surface area contributed by atoms with Crippen LogP contribution in [0.25, 0.3) is 0 Å². The van der Waals surface area contributed by atoms with Gasteiger partial charge in [0, 0.05) is 7.05 Å². The fourth-order valence-corrected chi connectivity index (χ4v) is 3.53. The van der Waals surface area contributed by atoms with Crippen molar-refractivity contribution >= 4 is 21.8 Å². The molecule has 0 saturated heterocycles. The van der Waals surface area contributed by atoms with Crippen molar-refractivity contribution in [3.05, 3.63) is 53.6 Å². The number of amides is 2. The summed E-state index contributed by atoms with van der Waals surface area (Å²) in [6, 6.07) is 10.9. The van der Waals surface area contributed by atoms with Gasteiger partial charge in [-0.15, -0.1) is 0 Å². The molecule has 2 aromatic rings. The quantitative estimate of drug-likeness (QED) is 0.647. The topological polar surface area (TPSA) is 114 Å². The molecule has 0 heterocycles. The monoisotopic (exact) mass is 421 g/mol. The third kappa shape index (κ3) is 5.46. The highest BCUT2D eigenvalue weighted by molar-refractivity contribution is 7.89. The number of nitrogens with one attached hydrogen (secondary N) is 2. The van der Waals surface area contributed by atoms with E-state index in [-0.39, 0.29) is 16.2 Å². The molecule has 10 heteroatoms. The Morgan fingerprint density at radius 1 is 1.00 bits per heavy atom. The van der Waals surface area contributed by atoms with E-state index in [4.69, 9.17) is 9.47 Å². The molecule has 0 aliphatic heterocycles. The molecule has 29 heavy (non-hydrogen) atoms. The fourth-order valence-electron chi connectivity index (χ4n) is 2.40. The summed E-state index contributed by atoms with van der Waals surface area (Å²) in [7, 11) is 0.300. The van der Waals surface area contributed by atoms with Crippen LogP contribution in [0.1, 0.15) is 15.9 Å². The summed E-state index contributed by atoms with van der Waals surface area (Å²) in [6.45, 7) is 1.36. The van der Waals surface area contributed by atoms with Crippen LogP contribution in [0.4, 0.5) is 0 Å². The molecule has 9 nitrogen and oxygen atoms in total. The van der Waals surface area contributed by atoms with Crippen LogP contribution in [0.2, 0.25) is 0 Å². The molecule has 0 radical (unpaired) electrons. The van der Waals surface area contributed by atoms with Gasteiger partial charge >= 0.3 is 0 Å². The summed E-state index contributed by atoms with van der Waals surface area (Å²) in [6.07, 6.45) is 0. The molecule has 2 rings (SSSR count). The summed E-state index contributed by atoms with van der Waals surface area (Å²) in [5, 5.41) is 0. The maximum Gasteiger partial charge on any atom is 0.273 e. The van der Waals surface area contributed by atoms with E-state index in [0.29, 0.717) is 5.75 Å². The number of nitrogens with zero attached hydrogens (tertiary/aromatic N) is 1. The summed E-state index contributed by atoms with van der Waals surface area (Å²) in [4.78, 5) is 24.5. The van der Waals surface area contributed by atoms with Gasteiger partial charge in [0.05, 0.1) is 31.2 Å². The number of sulfonamides is 1. The van der Waals surface area contributed by atoms with Crippen LogP contribution in [0.15, 0.2) is 47.4 Å². The minimum atomic E-state index is -3.84. The smallest absolute Gasteiger partial charge is 0.273 e. The largest absolute Gasteiger partial charge is 0.497 e. The number of hydrogen-bond acceptors (Lipinski definition) is 6. The van der Waals surface area contributed by atoms with Gasteiger partial charge in [-0.25, -0.2) is 8.42 Å². The normalized spacial score (nSPS) is 11.1. The van der Waals surface area contributed by atoms with E-state index in [9.17, 15) is 18.0 Å². The van der Waals surface area contributed by atoms with E-state index in [0.717, 1.165) is 9.87 Å². The van der Waals surface area contributed by atoms with Gasteiger partial charge in [-0.05, 0) is 37.3 Å².